The lowest BCUT2D eigenvalue weighted by atomic mass is 10.3. The van der Waals surface area contributed by atoms with Gasteiger partial charge in [-0.15, -0.1) is 5.10 Å². The Bertz CT molecular complexity index is 780. The summed E-state index contributed by atoms with van der Waals surface area (Å²) in [5.74, 6) is -0.0885. The fourth-order valence-corrected chi connectivity index (χ4v) is 2.11. The van der Waals surface area contributed by atoms with Crippen LogP contribution >= 0.6 is 0 Å². The van der Waals surface area contributed by atoms with Crippen LogP contribution in [-0.2, 0) is 11.5 Å². The number of nitrogens with one attached hydrogen (secondary N) is 2. The highest BCUT2D eigenvalue weighted by Gasteiger charge is 2.03. The lowest BCUT2D eigenvalue weighted by molar-refractivity contribution is -0.114. The van der Waals surface area contributed by atoms with E-state index in [-0.39, 0.29) is 5.91 Å². The number of para-hydroxylation sites is 1. The van der Waals surface area contributed by atoms with E-state index in [0.717, 1.165) is 22.4 Å². The number of benzene rings is 2. The Labute approximate surface area is 121 Å². The lowest BCUT2D eigenvalue weighted by Crippen LogP contribution is -2.10. The Morgan fingerprint density at radius 1 is 1.14 bits per heavy atom. The highest BCUT2D eigenvalue weighted by atomic mass is 16.1. The average molecular weight is 281 g/mol. The zero-order valence-electron chi connectivity index (χ0n) is 11.6. The van der Waals surface area contributed by atoms with Crippen molar-refractivity contribution < 1.29 is 4.79 Å². The molecule has 0 unspecified atom stereocenters. The van der Waals surface area contributed by atoms with Gasteiger partial charge >= 0.3 is 0 Å². The minimum absolute atomic E-state index is 0.0885. The monoisotopic (exact) mass is 281 g/mol. The van der Waals surface area contributed by atoms with Crippen molar-refractivity contribution in [3.05, 3.63) is 48.5 Å². The number of rotatable bonds is 4. The molecule has 0 spiro atoms. The Kier molecular flexibility index (Phi) is 3.51. The third-order valence-corrected chi connectivity index (χ3v) is 3.04. The number of hydrogen-bond donors (Lipinski definition) is 2. The number of fused-ring (bicyclic) bond motifs is 1. The van der Waals surface area contributed by atoms with Crippen molar-refractivity contribution in [3.63, 3.8) is 0 Å². The van der Waals surface area contributed by atoms with E-state index >= 15 is 0 Å². The van der Waals surface area contributed by atoms with E-state index in [4.69, 9.17) is 0 Å². The molecule has 6 heteroatoms. The average Bonchev–Trinajstić information content (AvgIpc) is 2.88. The smallest absolute Gasteiger partial charge is 0.221 e. The minimum Gasteiger partial charge on any atom is -0.366 e. The molecule has 0 aliphatic rings. The molecule has 21 heavy (non-hydrogen) atoms. The molecule has 1 amide bonds. The van der Waals surface area contributed by atoms with E-state index in [0.29, 0.717) is 6.67 Å². The van der Waals surface area contributed by atoms with Crippen LogP contribution in [0.15, 0.2) is 48.5 Å². The van der Waals surface area contributed by atoms with Crippen molar-refractivity contribution in [2.24, 2.45) is 0 Å². The molecule has 0 radical (unpaired) electrons. The van der Waals surface area contributed by atoms with Crippen molar-refractivity contribution in [1.82, 2.24) is 15.0 Å². The largest absolute Gasteiger partial charge is 0.366 e. The highest BCUT2D eigenvalue weighted by molar-refractivity contribution is 5.89. The van der Waals surface area contributed by atoms with Gasteiger partial charge in [0.15, 0.2) is 0 Å². The van der Waals surface area contributed by atoms with E-state index in [1.807, 2.05) is 48.5 Å². The molecular formula is C15H15N5O. The van der Waals surface area contributed by atoms with Gasteiger partial charge in [-0.05, 0) is 30.3 Å². The first kappa shape index (κ1) is 13.1. The number of hydrogen-bond acceptors (Lipinski definition) is 4. The predicted octanol–water partition coefficient (Wildman–Crippen LogP) is 2.46. The van der Waals surface area contributed by atoms with Gasteiger partial charge in [0.1, 0.15) is 12.2 Å². The molecule has 0 aliphatic heterocycles. The van der Waals surface area contributed by atoms with E-state index in [9.17, 15) is 4.79 Å². The number of anilines is 2. The van der Waals surface area contributed by atoms with Crippen LogP contribution in [0.25, 0.3) is 11.0 Å². The number of carbonyl (C=O) groups is 1. The quantitative estimate of drug-likeness (QED) is 0.770. The maximum atomic E-state index is 11.1. The summed E-state index contributed by atoms with van der Waals surface area (Å²) < 4.78 is 1.79. The maximum absolute atomic E-state index is 11.1. The Morgan fingerprint density at radius 3 is 2.81 bits per heavy atom. The molecule has 0 atom stereocenters. The molecule has 3 rings (SSSR count). The fraction of sp³-hybridized carbons (Fsp3) is 0.133. The van der Waals surface area contributed by atoms with E-state index in [2.05, 4.69) is 20.9 Å². The van der Waals surface area contributed by atoms with Gasteiger partial charge in [0.25, 0.3) is 0 Å². The van der Waals surface area contributed by atoms with Crippen molar-refractivity contribution in [2.45, 2.75) is 13.6 Å². The Hall–Kier alpha value is -2.89. The summed E-state index contributed by atoms with van der Waals surface area (Å²) in [5.41, 5.74) is 3.51. The van der Waals surface area contributed by atoms with Crippen molar-refractivity contribution in [3.8, 4) is 0 Å². The van der Waals surface area contributed by atoms with Crippen molar-refractivity contribution in [2.75, 3.05) is 10.6 Å². The summed E-state index contributed by atoms with van der Waals surface area (Å²) >= 11 is 0. The summed E-state index contributed by atoms with van der Waals surface area (Å²) in [5, 5.41) is 14.2. The summed E-state index contributed by atoms with van der Waals surface area (Å²) in [4.78, 5) is 11.1. The van der Waals surface area contributed by atoms with Crippen molar-refractivity contribution >= 4 is 28.3 Å². The normalized spacial score (nSPS) is 10.5. The van der Waals surface area contributed by atoms with Gasteiger partial charge < -0.3 is 10.6 Å². The van der Waals surface area contributed by atoms with Crippen LogP contribution in [0.4, 0.5) is 11.4 Å². The third kappa shape index (κ3) is 3.00. The molecule has 6 nitrogen and oxygen atoms in total. The van der Waals surface area contributed by atoms with Gasteiger partial charge in [0.05, 0.1) is 5.52 Å². The van der Waals surface area contributed by atoms with Crippen LogP contribution in [0.5, 0.6) is 0 Å². The van der Waals surface area contributed by atoms with Gasteiger partial charge in [-0.1, -0.05) is 23.4 Å². The second kappa shape index (κ2) is 5.62. The molecule has 2 N–H and O–H groups in total. The Morgan fingerprint density at radius 2 is 1.95 bits per heavy atom. The zero-order chi connectivity index (χ0) is 14.7. The van der Waals surface area contributed by atoms with E-state index in [1.165, 1.54) is 6.92 Å². The molecule has 106 valence electrons. The predicted molar refractivity (Wildman–Crippen MR) is 81.9 cm³/mol. The molecule has 0 aliphatic carbocycles. The van der Waals surface area contributed by atoms with Crippen LogP contribution < -0.4 is 10.6 Å². The minimum atomic E-state index is -0.0885. The molecular weight excluding hydrogens is 266 g/mol. The summed E-state index contributed by atoms with van der Waals surface area (Å²) in [6, 6.07) is 15.3. The number of nitrogens with zero attached hydrogens (tertiary/aromatic N) is 3. The summed E-state index contributed by atoms with van der Waals surface area (Å²) in [7, 11) is 0. The fourth-order valence-electron chi connectivity index (χ4n) is 2.11. The van der Waals surface area contributed by atoms with Crippen LogP contribution in [0.2, 0.25) is 0 Å². The number of amides is 1. The molecule has 3 aromatic rings. The highest BCUT2D eigenvalue weighted by Crippen LogP contribution is 2.16. The first-order valence-electron chi connectivity index (χ1n) is 6.62. The first-order valence-corrected chi connectivity index (χ1v) is 6.62. The zero-order valence-corrected chi connectivity index (χ0v) is 11.6. The molecule has 2 aromatic carbocycles. The Balaban J connectivity index is 1.74. The second-order valence-electron chi connectivity index (χ2n) is 4.67. The number of carbonyl (C=O) groups excluding carboxylic acids is 1. The third-order valence-electron chi connectivity index (χ3n) is 3.04. The maximum Gasteiger partial charge on any atom is 0.221 e. The molecule has 0 saturated heterocycles. The lowest BCUT2D eigenvalue weighted by Gasteiger charge is -2.09. The van der Waals surface area contributed by atoms with Gasteiger partial charge in [-0.2, -0.15) is 0 Å². The van der Waals surface area contributed by atoms with Gasteiger partial charge in [0.2, 0.25) is 5.91 Å². The van der Waals surface area contributed by atoms with Gasteiger partial charge in [0, 0.05) is 18.3 Å². The number of aromatic nitrogens is 3. The first-order chi connectivity index (χ1) is 10.2. The molecule has 0 saturated carbocycles. The molecule has 1 aromatic heterocycles. The molecule has 0 fully saturated rings. The van der Waals surface area contributed by atoms with Crippen LogP contribution in [0.3, 0.4) is 0 Å². The summed E-state index contributed by atoms with van der Waals surface area (Å²) in [6.45, 7) is 1.99. The van der Waals surface area contributed by atoms with Gasteiger partial charge in [-0.3, -0.25) is 4.79 Å². The van der Waals surface area contributed by atoms with Crippen LogP contribution in [0.1, 0.15) is 6.92 Å². The van der Waals surface area contributed by atoms with E-state index in [1.54, 1.807) is 4.68 Å². The van der Waals surface area contributed by atoms with Gasteiger partial charge in [-0.25, -0.2) is 4.68 Å². The van der Waals surface area contributed by atoms with Crippen LogP contribution in [-0.4, -0.2) is 20.9 Å². The standard InChI is InChI=1S/C15H15N5O/c1-11(21)17-13-6-4-5-12(9-13)16-10-20-15-8-3-2-7-14(15)18-19-20/h2-9,16H,10H2,1H3,(H,17,21). The SMILES string of the molecule is CC(=O)Nc1cccc(NCn2nnc3ccccc32)c1. The summed E-state index contributed by atoms with van der Waals surface area (Å²) in [6.07, 6.45) is 0. The van der Waals surface area contributed by atoms with Crippen molar-refractivity contribution in [1.29, 1.82) is 0 Å². The van der Waals surface area contributed by atoms with E-state index < -0.39 is 0 Å². The van der Waals surface area contributed by atoms with Crippen LogP contribution in [0, 0.1) is 0 Å². The topological polar surface area (TPSA) is 71.8 Å². The molecule has 1 heterocycles. The second-order valence-corrected chi connectivity index (χ2v) is 4.67. The molecule has 0 bridgehead atoms.